The zero-order valence-electron chi connectivity index (χ0n) is 12.1. The first-order valence-corrected chi connectivity index (χ1v) is 6.75. The molecule has 2 N–H and O–H groups in total. The molecule has 4 nitrogen and oxygen atoms in total. The molecule has 1 heterocycles. The minimum Gasteiger partial charge on any atom is -0.389 e. The van der Waals surface area contributed by atoms with Crippen LogP contribution in [0.3, 0.4) is 0 Å². The number of rotatable bonds is 5. The number of aryl methyl sites for hydroxylation is 1. The predicted molar refractivity (Wildman–Crippen MR) is 77.9 cm³/mol. The van der Waals surface area contributed by atoms with E-state index in [1.807, 2.05) is 46.0 Å². The topological polar surface area (TPSA) is 50.1 Å². The third-order valence-electron chi connectivity index (χ3n) is 3.89. The fourth-order valence-electron chi connectivity index (χ4n) is 1.99. The molecular weight excluding hydrogens is 238 g/mol. The van der Waals surface area contributed by atoms with Gasteiger partial charge >= 0.3 is 0 Å². The SMILES string of the molecule is CC(C)C(C)(O)CNCc1nc2ccccc2n1C. The minimum atomic E-state index is -0.690. The van der Waals surface area contributed by atoms with Gasteiger partial charge in [0.1, 0.15) is 5.82 Å². The van der Waals surface area contributed by atoms with E-state index in [2.05, 4.69) is 20.9 Å². The molecule has 0 amide bonds. The van der Waals surface area contributed by atoms with Crippen molar-refractivity contribution in [2.24, 2.45) is 13.0 Å². The second-order valence-corrected chi connectivity index (χ2v) is 5.69. The summed E-state index contributed by atoms with van der Waals surface area (Å²) in [6.07, 6.45) is 0. The fraction of sp³-hybridized carbons (Fsp3) is 0.533. The molecule has 1 atom stereocenters. The molecule has 4 heteroatoms. The molecule has 19 heavy (non-hydrogen) atoms. The molecule has 1 aromatic heterocycles. The standard InChI is InChI=1S/C15H23N3O/c1-11(2)15(3,19)10-16-9-14-17-12-7-5-6-8-13(12)18(14)4/h5-8,11,16,19H,9-10H2,1-4H3. The first-order chi connectivity index (χ1) is 8.92. The van der Waals surface area contributed by atoms with Crippen LogP contribution >= 0.6 is 0 Å². The van der Waals surface area contributed by atoms with Crippen LogP contribution in [0.2, 0.25) is 0 Å². The van der Waals surface area contributed by atoms with Crippen molar-refractivity contribution in [2.75, 3.05) is 6.54 Å². The third-order valence-corrected chi connectivity index (χ3v) is 3.89. The predicted octanol–water partition coefficient (Wildman–Crippen LogP) is 2.07. The van der Waals surface area contributed by atoms with Crippen LogP contribution in [0.25, 0.3) is 11.0 Å². The van der Waals surface area contributed by atoms with E-state index in [0.29, 0.717) is 13.1 Å². The number of imidazole rings is 1. The Morgan fingerprint density at radius 2 is 2.05 bits per heavy atom. The molecule has 0 radical (unpaired) electrons. The monoisotopic (exact) mass is 261 g/mol. The maximum absolute atomic E-state index is 10.2. The second kappa shape index (κ2) is 5.31. The summed E-state index contributed by atoms with van der Waals surface area (Å²) in [7, 11) is 2.02. The first kappa shape index (κ1) is 14.0. The third kappa shape index (κ3) is 2.96. The molecule has 0 aliphatic carbocycles. The Kier molecular flexibility index (Phi) is 3.92. The van der Waals surface area contributed by atoms with E-state index in [1.165, 1.54) is 0 Å². The number of fused-ring (bicyclic) bond motifs is 1. The number of hydrogen-bond donors (Lipinski definition) is 2. The van der Waals surface area contributed by atoms with Crippen molar-refractivity contribution in [3.63, 3.8) is 0 Å². The van der Waals surface area contributed by atoms with Gasteiger partial charge < -0.3 is 15.0 Å². The number of aliphatic hydroxyl groups is 1. The number of hydrogen-bond acceptors (Lipinski definition) is 3. The van der Waals surface area contributed by atoms with Crippen LogP contribution in [0.4, 0.5) is 0 Å². The molecule has 0 bridgehead atoms. The summed E-state index contributed by atoms with van der Waals surface area (Å²) in [5.74, 6) is 1.21. The lowest BCUT2D eigenvalue weighted by Gasteiger charge is -2.27. The zero-order chi connectivity index (χ0) is 14.0. The fourth-order valence-corrected chi connectivity index (χ4v) is 1.99. The average Bonchev–Trinajstić information content (AvgIpc) is 2.67. The molecule has 104 valence electrons. The maximum atomic E-state index is 10.2. The lowest BCUT2D eigenvalue weighted by atomic mass is 9.93. The molecule has 1 aromatic carbocycles. The highest BCUT2D eigenvalue weighted by atomic mass is 16.3. The van der Waals surface area contributed by atoms with Crippen LogP contribution in [0, 0.1) is 5.92 Å². The van der Waals surface area contributed by atoms with Crippen molar-refractivity contribution in [1.29, 1.82) is 0 Å². The van der Waals surface area contributed by atoms with E-state index in [9.17, 15) is 5.11 Å². The van der Waals surface area contributed by atoms with Gasteiger partial charge in [-0.05, 0) is 25.0 Å². The van der Waals surface area contributed by atoms with Crippen LogP contribution in [-0.4, -0.2) is 26.8 Å². The number of para-hydroxylation sites is 2. The van der Waals surface area contributed by atoms with Crippen molar-refractivity contribution >= 4 is 11.0 Å². The van der Waals surface area contributed by atoms with E-state index >= 15 is 0 Å². The normalized spacial score (nSPS) is 15.1. The highest BCUT2D eigenvalue weighted by Crippen LogP contribution is 2.16. The van der Waals surface area contributed by atoms with Crippen LogP contribution in [0.5, 0.6) is 0 Å². The molecule has 1 unspecified atom stereocenters. The Labute approximate surface area is 114 Å². The van der Waals surface area contributed by atoms with Crippen LogP contribution in [-0.2, 0) is 13.6 Å². The van der Waals surface area contributed by atoms with E-state index in [4.69, 9.17) is 0 Å². The number of nitrogens with zero attached hydrogens (tertiary/aromatic N) is 2. The van der Waals surface area contributed by atoms with Gasteiger partial charge in [-0.2, -0.15) is 0 Å². The molecule has 0 fully saturated rings. The molecule has 0 spiro atoms. The van der Waals surface area contributed by atoms with Gasteiger partial charge in [-0.25, -0.2) is 4.98 Å². The van der Waals surface area contributed by atoms with Crippen LogP contribution in [0.1, 0.15) is 26.6 Å². The minimum absolute atomic E-state index is 0.223. The Balaban J connectivity index is 2.04. The van der Waals surface area contributed by atoms with E-state index in [-0.39, 0.29) is 5.92 Å². The van der Waals surface area contributed by atoms with E-state index < -0.39 is 5.60 Å². The van der Waals surface area contributed by atoms with Gasteiger partial charge in [-0.1, -0.05) is 26.0 Å². The Morgan fingerprint density at radius 1 is 1.37 bits per heavy atom. The van der Waals surface area contributed by atoms with Gasteiger partial charge in [0.15, 0.2) is 0 Å². The van der Waals surface area contributed by atoms with E-state index in [1.54, 1.807) is 0 Å². The molecular formula is C15H23N3O. The molecule has 2 rings (SSSR count). The van der Waals surface area contributed by atoms with Crippen molar-refractivity contribution in [3.8, 4) is 0 Å². The van der Waals surface area contributed by atoms with Crippen molar-refractivity contribution < 1.29 is 5.11 Å². The number of aromatic nitrogens is 2. The average molecular weight is 261 g/mol. The highest BCUT2D eigenvalue weighted by Gasteiger charge is 2.24. The van der Waals surface area contributed by atoms with Gasteiger partial charge in [-0.3, -0.25) is 0 Å². The smallest absolute Gasteiger partial charge is 0.123 e. The van der Waals surface area contributed by atoms with E-state index in [0.717, 1.165) is 16.9 Å². The summed E-state index contributed by atoms with van der Waals surface area (Å²) in [4.78, 5) is 4.60. The van der Waals surface area contributed by atoms with Gasteiger partial charge in [0.2, 0.25) is 0 Å². The van der Waals surface area contributed by atoms with Gasteiger partial charge in [0.25, 0.3) is 0 Å². The second-order valence-electron chi connectivity index (χ2n) is 5.69. The largest absolute Gasteiger partial charge is 0.389 e. The first-order valence-electron chi connectivity index (χ1n) is 6.75. The lowest BCUT2D eigenvalue weighted by Crippen LogP contribution is -2.42. The van der Waals surface area contributed by atoms with Crippen LogP contribution < -0.4 is 5.32 Å². The van der Waals surface area contributed by atoms with Gasteiger partial charge in [-0.15, -0.1) is 0 Å². The van der Waals surface area contributed by atoms with Crippen molar-refractivity contribution in [3.05, 3.63) is 30.1 Å². The summed E-state index contributed by atoms with van der Waals surface area (Å²) >= 11 is 0. The Morgan fingerprint density at radius 3 is 2.68 bits per heavy atom. The zero-order valence-corrected chi connectivity index (χ0v) is 12.1. The maximum Gasteiger partial charge on any atom is 0.123 e. The number of nitrogens with one attached hydrogen (secondary N) is 1. The van der Waals surface area contributed by atoms with Crippen molar-refractivity contribution in [1.82, 2.24) is 14.9 Å². The summed E-state index contributed by atoms with van der Waals surface area (Å²) in [6.45, 7) is 7.13. The molecule has 0 aliphatic rings. The van der Waals surface area contributed by atoms with Crippen LogP contribution in [0.15, 0.2) is 24.3 Å². The summed E-state index contributed by atoms with van der Waals surface area (Å²) in [5, 5.41) is 13.5. The quantitative estimate of drug-likeness (QED) is 0.866. The summed E-state index contributed by atoms with van der Waals surface area (Å²) in [5.41, 5.74) is 1.46. The highest BCUT2D eigenvalue weighted by molar-refractivity contribution is 5.75. The summed E-state index contributed by atoms with van der Waals surface area (Å²) in [6, 6.07) is 8.10. The van der Waals surface area contributed by atoms with Crippen molar-refractivity contribution in [2.45, 2.75) is 32.9 Å². The number of benzene rings is 1. The Bertz CT molecular complexity index is 558. The molecule has 2 aromatic rings. The lowest BCUT2D eigenvalue weighted by molar-refractivity contribution is 0.0138. The summed E-state index contributed by atoms with van der Waals surface area (Å²) < 4.78 is 2.09. The molecule has 0 saturated carbocycles. The van der Waals surface area contributed by atoms with Gasteiger partial charge in [0.05, 0.1) is 23.2 Å². The molecule has 0 saturated heterocycles. The van der Waals surface area contributed by atoms with Gasteiger partial charge in [0, 0.05) is 13.6 Å². The molecule has 0 aliphatic heterocycles. The Hall–Kier alpha value is -1.39.